The van der Waals surface area contributed by atoms with E-state index in [1.54, 1.807) is 23.5 Å². The number of hydrogen-bond acceptors (Lipinski definition) is 7. The van der Waals surface area contributed by atoms with E-state index in [2.05, 4.69) is 29.4 Å². The lowest BCUT2D eigenvalue weighted by molar-refractivity contribution is -0.121. The first-order valence-electron chi connectivity index (χ1n) is 12.6. The summed E-state index contributed by atoms with van der Waals surface area (Å²) in [6.45, 7) is 8.73. The van der Waals surface area contributed by atoms with E-state index in [0.29, 0.717) is 17.9 Å². The topological polar surface area (TPSA) is 98.5 Å². The molecule has 1 N–H and O–H groups in total. The van der Waals surface area contributed by atoms with Gasteiger partial charge in [0.2, 0.25) is 5.91 Å². The fourth-order valence-electron chi connectivity index (χ4n) is 4.54. The molecule has 0 saturated carbocycles. The van der Waals surface area contributed by atoms with Gasteiger partial charge in [-0.2, -0.15) is 0 Å². The fourth-order valence-corrected chi connectivity index (χ4v) is 5.75. The van der Waals surface area contributed by atoms with Crippen molar-refractivity contribution >= 4 is 28.9 Å². The van der Waals surface area contributed by atoms with Crippen LogP contribution in [0.15, 0.2) is 59.6 Å². The first-order valence-corrected chi connectivity index (χ1v) is 13.4. The molecule has 4 aromatic rings. The number of ether oxygens (including phenoxy) is 1. The normalized spacial score (nSPS) is 14.2. The highest BCUT2D eigenvalue weighted by atomic mass is 32.1. The molecule has 1 aliphatic rings. The Balaban J connectivity index is 1.52. The Morgan fingerprint density at radius 1 is 1.03 bits per heavy atom. The second-order valence-corrected chi connectivity index (χ2v) is 10.4. The molecule has 5 rings (SSSR count). The van der Waals surface area contributed by atoms with Crippen LogP contribution in [-0.2, 0) is 16.1 Å². The van der Waals surface area contributed by atoms with Gasteiger partial charge in [0.05, 0.1) is 17.7 Å². The highest BCUT2D eigenvalue weighted by molar-refractivity contribution is 7.15. The molecule has 1 atom stereocenters. The number of thiophene rings is 1. The molecule has 2 aromatic heterocycles. The summed E-state index contributed by atoms with van der Waals surface area (Å²) in [5.41, 5.74) is 5.13. The van der Waals surface area contributed by atoms with Crippen LogP contribution in [0.25, 0.3) is 5.00 Å². The number of aromatic nitrogens is 3. The molecule has 0 bridgehead atoms. The molecule has 1 aliphatic heterocycles. The zero-order valence-corrected chi connectivity index (χ0v) is 22.6. The van der Waals surface area contributed by atoms with Crippen molar-refractivity contribution in [3.63, 3.8) is 0 Å². The third kappa shape index (κ3) is 4.89. The number of benzene rings is 2. The number of fused-ring (bicyclic) bond motifs is 3. The second-order valence-electron chi connectivity index (χ2n) is 9.19. The highest BCUT2D eigenvalue weighted by Crippen LogP contribution is 2.39. The van der Waals surface area contributed by atoms with Crippen LogP contribution in [0.1, 0.15) is 68.5 Å². The largest absolute Gasteiger partial charge is 0.457 e. The summed E-state index contributed by atoms with van der Waals surface area (Å²) < 4.78 is 7.52. The molecule has 1 amide bonds. The minimum Gasteiger partial charge on any atom is -0.457 e. The van der Waals surface area contributed by atoms with Crippen LogP contribution in [0, 0.1) is 20.8 Å². The van der Waals surface area contributed by atoms with Crippen LogP contribution in [0.2, 0.25) is 0 Å². The van der Waals surface area contributed by atoms with Crippen LogP contribution in [0.5, 0.6) is 0 Å². The molecule has 38 heavy (non-hydrogen) atoms. The van der Waals surface area contributed by atoms with Crippen molar-refractivity contribution in [1.29, 1.82) is 0 Å². The van der Waals surface area contributed by atoms with Gasteiger partial charge in [-0.05, 0) is 51.0 Å². The highest BCUT2D eigenvalue weighted by Gasteiger charge is 2.32. The maximum Gasteiger partial charge on any atom is 0.338 e. The lowest BCUT2D eigenvalue weighted by Crippen LogP contribution is -2.25. The van der Waals surface area contributed by atoms with Crippen LogP contribution < -0.4 is 5.32 Å². The Kier molecular flexibility index (Phi) is 7.20. The predicted octanol–water partition coefficient (Wildman–Crippen LogP) is 5.03. The molecule has 2 aromatic carbocycles. The molecule has 194 valence electrons. The SMILES string of the molecule is CCNC(=O)C[C@@H]1N=C(c2ccc(C(=O)OCc3ccccc3)cc2)c2c(sc(C)c2C)-n2c(C)nnc21. The molecule has 9 heteroatoms. The van der Waals surface area contributed by atoms with Crippen LogP contribution >= 0.6 is 11.3 Å². The average Bonchev–Trinajstić information content (AvgIpc) is 3.40. The molecule has 0 radical (unpaired) electrons. The lowest BCUT2D eigenvalue weighted by Gasteiger charge is -2.13. The number of aryl methyl sites for hydroxylation is 2. The number of hydrogen-bond donors (Lipinski definition) is 1. The molecule has 0 fully saturated rings. The first-order chi connectivity index (χ1) is 18.4. The van der Waals surface area contributed by atoms with Crippen LogP contribution in [0.3, 0.4) is 0 Å². The van der Waals surface area contributed by atoms with Gasteiger partial charge in [0.1, 0.15) is 23.5 Å². The molecule has 0 aliphatic carbocycles. The summed E-state index contributed by atoms with van der Waals surface area (Å²) in [4.78, 5) is 31.6. The predicted molar refractivity (Wildman–Crippen MR) is 147 cm³/mol. The number of amides is 1. The van der Waals surface area contributed by atoms with Crippen molar-refractivity contribution in [3.8, 4) is 5.00 Å². The summed E-state index contributed by atoms with van der Waals surface area (Å²) in [6, 6.07) is 16.4. The van der Waals surface area contributed by atoms with Crippen molar-refractivity contribution < 1.29 is 14.3 Å². The average molecular weight is 528 g/mol. The van der Waals surface area contributed by atoms with Gasteiger partial charge in [0.15, 0.2) is 5.82 Å². The van der Waals surface area contributed by atoms with E-state index in [-0.39, 0.29) is 24.9 Å². The zero-order valence-electron chi connectivity index (χ0n) is 21.8. The van der Waals surface area contributed by atoms with E-state index < -0.39 is 6.04 Å². The van der Waals surface area contributed by atoms with Crippen LogP contribution in [-0.4, -0.2) is 38.9 Å². The molecular formula is C29H29N5O3S. The number of rotatable bonds is 7. The summed E-state index contributed by atoms with van der Waals surface area (Å²) in [7, 11) is 0. The van der Waals surface area contributed by atoms with E-state index in [4.69, 9.17) is 9.73 Å². The van der Waals surface area contributed by atoms with Crippen molar-refractivity contribution in [3.05, 3.63) is 98.9 Å². The van der Waals surface area contributed by atoms with Gasteiger partial charge in [-0.1, -0.05) is 42.5 Å². The summed E-state index contributed by atoms with van der Waals surface area (Å²) >= 11 is 1.66. The second kappa shape index (κ2) is 10.7. The summed E-state index contributed by atoms with van der Waals surface area (Å²) in [5.74, 6) is 0.911. The van der Waals surface area contributed by atoms with Gasteiger partial charge in [-0.15, -0.1) is 21.5 Å². The Bertz CT molecular complexity index is 1520. The zero-order chi connectivity index (χ0) is 26.8. The number of carbonyl (C=O) groups excluding carboxylic acids is 2. The van der Waals surface area contributed by atoms with Gasteiger partial charge >= 0.3 is 5.97 Å². The van der Waals surface area contributed by atoms with Gasteiger partial charge in [0.25, 0.3) is 0 Å². The van der Waals surface area contributed by atoms with Crippen molar-refractivity contribution in [2.24, 2.45) is 4.99 Å². The Hall–Kier alpha value is -4.11. The molecule has 8 nitrogen and oxygen atoms in total. The lowest BCUT2D eigenvalue weighted by atomic mass is 9.98. The molecule has 0 unspecified atom stereocenters. The number of aliphatic imine (C=N–C) groups is 1. The van der Waals surface area contributed by atoms with Gasteiger partial charge in [-0.3, -0.25) is 14.4 Å². The van der Waals surface area contributed by atoms with Gasteiger partial charge in [0, 0.05) is 22.5 Å². The first kappa shape index (κ1) is 25.5. The number of nitrogens with zero attached hydrogens (tertiary/aromatic N) is 4. The standard InChI is InChI=1S/C29H29N5O3S/c1-5-30-24(35)15-23-27-33-32-19(4)34(27)28-25(17(2)18(3)38-28)26(31-23)21-11-13-22(14-12-21)29(36)37-16-20-9-7-6-8-10-20/h6-14,23H,5,15-16H2,1-4H3,(H,30,35)/t23-/m0/s1. The Morgan fingerprint density at radius 2 is 1.76 bits per heavy atom. The quantitative estimate of drug-likeness (QED) is 0.340. The van der Waals surface area contributed by atoms with Gasteiger partial charge in [-0.25, -0.2) is 4.79 Å². The van der Waals surface area contributed by atoms with Crippen molar-refractivity contribution in [1.82, 2.24) is 20.1 Å². The Morgan fingerprint density at radius 3 is 2.47 bits per heavy atom. The van der Waals surface area contributed by atoms with Crippen LogP contribution in [0.4, 0.5) is 0 Å². The maximum atomic E-state index is 12.7. The number of esters is 1. The number of carbonyl (C=O) groups is 2. The smallest absolute Gasteiger partial charge is 0.338 e. The van der Waals surface area contributed by atoms with Crippen molar-refractivity contribution in [2.45, 2.75) is 46.8 Å². The Labute approximate surface area is 225 Å². The summed E-state index contributed by atoms with van der Waals surface area (Å²) in [6.07, 6.45) is 0.159. The minimum absolute atomic E-state index is 0.0949. The maximum absolute atomic E-state index is 12.7. The monoisotopic (exact) mass is 527 g/mol. The molecule has 0 saturated heterocycles. The van der Waals surface area contributed by atoms with Crippen molar-refractivity contribution in [2.75, 3.05) is 6.54 Å². The van der Waals surface area contributed by atoms with E-state index in [9.17, 15) is 9.59 Å². The summed E-state index contributed by atoms with van der Waals surface area (Å²) in [5, 5.41) is 12.6. The molecule has 0 spiro atoms. The number of nitrogens with one attached hydrogen (secondary N) is 1. The van der Waals surface area contributed by atoms with E-state index in [1.165, 1.54) is 4.88 Å². The molecule has 3 heterocycles. The third-order valence-electron chi connectivity index (χ3n) is 6.60. The van der Waals surface area contributed by atoms with E-state index >= 15 is 0 Å². The van der Waals surface area contributed by atoms with Gasteiger partial charge < -0.3 is 10.1 Å². The third-order valence-corrected chi connectivity index (χ3v) is 7.79. The minimum atomic E-state index is -0.507. The van der Waals surface area contributed by atoms with E-state index in [1.807, 2.05) is 60.9 Å². The van der Waals surface area contributed by atoms with E-state index in [0.717, 1.165) is 38.8 Å². The fraction of sp³-hybridized carbons (Fsp3) is 0.276. The molecular weight excluding hydrogens is 498 g/mol.